The van der Waals surface area contributed by atoms with Gasteiger partial charge in [0.15, 0.2) is 5.69 Å². The summed E-state index contributed by atoms with van der Waals surface area (Å²) in [5, 5.41) is 5.20. The van der Waals surface area contributed by atoms with Gasteiger partial charge in [-0.1, -0.05) is 22.0 Å². The molecule has 0 atom stereocenters. The Labute approximate surface area is 150 Å². The Kier molecular flexibility index (Phi) is 4.94. The molecule has 25 heavy (non-hydrogen) atoms. The molecule has 1 aromatic heterocycles. The number of hydrogen-bond acceptors (Lipinski definition) is 4. The topological polar surface area (TPSA) is 66.9 Å². The van der Waals surface area contributed by atoms with Crippen LogP contribution in [-0.4, -0.2) is 22.4 Å². The normalized spacial score (nSPS) is 14.2. The minimum Gasteiger partial charge on any atom is -0.352 e. The Hall–Kier alpha value is -2.16. The molecule has 1 heterocycles. The third-order valence-corrected chi connectivity index (χ3v) is 4.12. The quantitative estimate of drug-likeness (QED) is 0.771. The number of amides is 1. The van der Waals surface area contributed by atoms with E-state index in [0.29, 0.717) is 18.2 Å². The molecule has 5 nitrogen and oxygen atoms in total. The lowest BCUT2D eigenvalue weighted by Gasteiger charge is -2.13. The van der Waals surface area contributed by atoms with Crippen molar-refractivity contribution in [3.8, 4) is 0 Å². The smallest absolute Gasteiger partial charge is 0.352 e. The molecule has 132 valence electrons. The minimum absolute atomic E-state index is 0.232. The van der Waals surface area contributed by atoms with Crippen LogP contribution in [0.4, 0.5) is 24.8 Å². The summed E-state index contributed by atoms with van der Waals surface area (Å²) in [5.41, 5.74) is -1.31. The number of halogens is 4. The van der Waals surface area contributed by atoms with Gasteiger partial charge in [0.05, 0.1) is 5.56 Å². The van der Waals surface area contributed by atoms with Gasteiger partial charge in [-0.2, -0.15) is 13.2 Å². The van der Waals surface area contributed by atoms with E-state index in [2.05, 4.69) is 36.5 Å². The lowest BCUT2D eigenvalue weighted by molar-refractivity contribution is -0.141. The SMILES string of the molecule is O=C(NCC1CC1)c1cnc(Nc2cccc(Br)c2)nc1C(F)(F)F. The number of alkyl halides is 3. The minimum atomic E-state index is -4.76. The number of rotatable bonds is 5. The number of hydrogen-bond donors (Lipinski definition) is 2. The predicted octanol–water partition coefficient (Wildman–Crippen LogP) is 4.14. The molecule has 9 heteroatoms. The zero-order chi connectivity index (χ0) is 18.0. The molecule has 3 rings (SSSR count). The third-order valence-electron chi connectivity index (χ3n) is 3.63. The Morgan fingerprint density at radius 1 is 1.32 bits per heavy atom. The van der Waals surface area contributed by atoms with Crippen LogP contribution >= 0.6 is 15.9 Å². The average Bonchev–Trinajstić information content (AvgIpc) is 3.36. The van der Waals surface area contributed by atoms with Gasteiger partial charge in [-0.05, 0) is 37.0 Å². The number of nitrogens with zero attached hydrogens (tertiary/aromatic N) is 2. The summed E-state index contributed by atoms with van der Waals surface area (Å²) in [5.74, 6) is -0.686. The van der Waals surface area contributed by atoms with Gasteiger partial charge in [-0.25, -0.2) is 9.97 Å². The molecular weight excluding hydrogens is 401 g/mol. The van der Waals surface area contributed by atoms with E-state index in [4.69, 9.17) is 0 Å². The van der Waals surface area contributed by atoms with Crippen LogP contribution in [-0.2, 0) is 6.18 Å². The molecule has 1 fully saturated rings. The van der Waals surface area contributed by atoms with Crippen molar-refractivity contribution in [1.82, 2.24) is 15.3 Å². The molecule has 1 amide bonds. The molecule has 0 aliphatic heterocycles. The lowest BCUT2D eigenvalue weighted by Crippen LogP contribution is -2.29. The molecule has 0 bridgehead atoms. The fraction of sp³-hybridized carbons (Fsp3) is 0.312. The van der Waals surface area contributed by atoms with Gasteiger partial charge in [0, 0.05) is 22.9 Å². The summed E-state index contributed by atoms with van der Waals surface area (Å²) < 4.78 is 40.6. The second kappa shape index (κ2) is 6.99. The van der Waals surface area contributed by atoms with E-state index in [1.54, 1.807) is 24.3 Å². The zero-order valence-corrected chi connectivity index (χ0v) is 14.5. The van der Waals surface area contributed by atoms with Crippen molar-refractivity contribution in [1.29, 1.82) is 0 Å². The van der Waals surface area contributed by atoms with Gasteiger partial charge in [0.1, 0.15) is 0 Å². The molecule has 0 radical (unpaired) electrons. The third kappa shape index (κ3) is 4.68. The van der Waals surface area contributed by atoms with Crippen LogP contribution in [0.3, 0.4) is 0 Å². The molecule has 0 unspecified atom stereocenters. The van der Waals surface area contributed by atoms with E-state index in [0.717, 1.165) is 23.5 Å². The van der Waals surface area contributed by atoms with Gasteiger partial charge >= 0.3 is 6.18 Å². The van der Waals surface area contributed by atoms with Gasteiger partial charge in [-0.3, -0.25) is 4.79 Å². The van der Waals surface area contributed by atoms with Gasteiger partial charge in [-0.15, -0.1) is 0 Å². The largest absolute Gasteiger partial charge is 0.434 e. The van der Waals surface area contributed by atoms with Crippen LogP contribution in [0.1, 0.15) is 28.9 Å². The predicted molar refractivity (Wildman–Crippen MR) is 89.5 cm³/mol. The first-order valence-corrected chi connectivity index (χ1v) is 8.37. The molecule has 1 aliphatic rings. The number of carbonyl (C=O) groups excluding carboxylic acids is 1. The van der Waals surface area contributed by atoms with Crippen LogP contribution in [0.2, 0.25) is 0 Å². The second-order valence-corrected chi connectivity index (χ2v) is 6.66. The monoisotopic (exact) mass is 414 g/mol. The first kappa shape index (κ1) is 17.7. The van der Waals surface area contributed by atoms with E-state index in [9.17, 15) is 18.0 Å². The Morgan fingerprint density at radius 2 is 2.08 bits per heavy atom. The van der Waals surface area contributed by atoms with Crippen molar-refractivity contribution in [2.24, 2.45) is 5.92 Å². The van der Waals surface area contributed by atoms with Crippen LogP contribution in [0.15, 0.2) is 34.9 Å². The summed E-state index contributed by atoms with van der Waals surface area (Å²) >= 11 is 3.27. The molecule has 0 saturated heterocycles. The average molecular weight is 415 g/mol. The number of nitrogens with one attached hydrogen (secondary N) is 2. The molecule has 2 aromatic rings. The van der Waals surface area contributed by atoms with E-state index in [1.165, 1.54) is 0 Å². The lowest BCUT2D eigenvalue weighted by atomic mass is 10.2. The molecule has 1 aliphatic carbocycles. The van der Waals surface area contributed by atoms with E-state index < -0.39 is 23.3 Å². The van der Waals surface area contributed by atoms with Crippen molar-refractivity contribution >= 4 is 33.5 Å². The summed E-state index contributed by atoms with van der Waals surface area (Å²) in [6.07, 6.45) is -1.89. The highest BCUT2D eigenvalue weighted by Crippen LogP contribution is 2.32. The van der Waals surface area contributed by atoms with Crippen LogP contribution in [0.5, 0.6) is 0 Å². The van der Waals surface area contributed by atoms with Gasteiger partial charge in [0.2, 0.25) is 5.95 Å². The van der Waals surface area contributed by atoms with Gasteiger partial charge in [0.25, 0.3) is 5.91 Å². The Bertz CT molecular complexity index is 793. The second-order valence-electron chi connectivity index (χ2n) is 5.74. The first-order chi connectivity index (χ1) is 11.8. The van der Waals surface area contributed by atoms with E-state index in [-0.39, 0.29) is 5.95 Å². The zero-order valence-electron chi connectivity index (χ0n) is 12.9. The van der Waals surface area contributed by atoms with Crippen LogP contribution in [0.25, 0.3) is 0 Å². The number of anilines is 2. The maximum atomic E-state index is 13.3. The first-order valence-electron chi connectivity index (χ1n) is 7.58. The van der Waals surface area contributed by atoms with Crippen molar-refractivity contribution in [3.05, 3.63) is 46.2 Å². The van der Waals surface area contributed by atoms with Crippen molar-refractivity contribution in [2.75, 3.05) is 11.9 Å². The number of aromatic nitrogens is 2. The summed E-state index contributed by atoms with van der Waals surface area (Å²) in [4.78, 5) is 19.4. The fourth-order valence-corrected chi connectivity index (χ4v) is 2.57. The van der Waals surface area contributed by atoms with E-state index in [1.807, 2.05) is 0 Å². The highest BCUT2D eigenvalue weighted by Gasteiger charge is 2.38. The standard InChI is InChI=1S/C16H14BrF3N4O/c17-10-2-1-3-11(6-10)23-15-22-8-12(13(24-15)16(18,19)20)14(25)21-7-9-4-5-9/h1-3,6,8-9H,4-5,7H2,(H,21,25)(H,22,23,24). The van der Waals surface area contributed by atoms with Crippen molar-refractivity contribution in [2.45, 2.75) is 19.0 Å². The molecule has 1 aromatic carbocycles. The highest BCUT2D eigenvalue weighted by atomic mass is 79.9. The molecule has 0 spiro atoms. The summed E-state index contributed by atoms with van der Waals surface area (Å²) in [6.45, 7) is 0.369. The van der Waals surface area contributed by atoms with Crippen molar-refractivity contribution < 1.29 is 18.0 Å². The highest BCUT2D eigenvalue weighted by molar-refractivity contribution is 9.10. The molecule has 2 N–H and O–H groups in total. The maximum Gasteiger partial charge on any atom is 0.434 e. The number of benzene rings is 1. The maximum absolute atomic E-state index is 13.3. The van der Waals surface area contributed by atoms with Gasteiger partial charge < -0.3 is 10.6 Å². The molecular formula is C16H14BrF3N4O. The Morgan fingerprint density at radius 3 is 2.72 bits per heavy atom. The van der Waals surface area contributed by atoms with Crippen LogP contribution < -0.4 is 10.6 Å². The van der Waals surface area contributed by atoms with Crippen molar-refractivity contribution in [3.63, 3.8) is 0 Å². The summed E-state index contributed by atoms with van der Waals surface area (Å²) in [7, 11) is 0. The Balaban J connectivity index is 1.85. The number of carbonyl (C=O) groups is 1. The summed E-state index contributed by atoms with van der Waals surface area (Å²) in [6, 6.07) is 6.84. The molecule has 1 saturated carbocycles. The van der Waals surface area contributed by atoms with Crippen LogP contribution in [0, 0.1) is 5.92 Å². The fourth-order valence-electron chi connectivity index (χ4n) is 2.17. The van der Waals surface area contributed by atoms with E-state index >= 15 is 0 Å².